The minimum absolute atomic E-state index is 0.321. The van der Waals surface area contributed by atoms with Gasteiger partial charge >= 0.3 is 0 Å². The van der Waals surface area contributed by atoms with E-state index in [9.17, 15) is 4.39 Å². The maximum atomic E-state index is 13.4. The van der Waals surface area contributed by atoms with E-state index in [1.807, 2.05) is 30.5 Å². The number of rotatable bonds is 7. The summed E-state index contributed by atoms with van der Waals surface area (Å²) in [4.78, 5) is 5.27. The topological polar surface area (TPSA) is 70.5 Å². The number of methoxy groups -OCH3 is 3. The third-order valence-corrected chi connectivity index (χ3v) is 5.64. The molecule has 2 aromatic carbocycles. The fourth-order valence-electron chi connectivity index (χ4n) is 3.21. The first-order chi connectivity index (χ1) is 16.0. The van der Waals surface area contributed by atoms with Gasteiger partial charge in [-0.1, -0.05) is 0 Å². The van der Waals surface area contributed by atoms with Crippen molar-refractivity contribution in [1.82, 2.24) is 4.68 Å². The van der Waals surface area contributed by atoms with E-state index in [4.69, 9.17) is 23.7 Å². The van der Waals surface area contributed by atoms with Crippen LogP contribution in [0.2, 0.25) is 0 Å². The number of nitrogens with zero attached hydrogens (tertiary/aromatic N) is 3. The Bertz CT molecular complexity index is 1310. The molecule has 0 atom stereocenters. The van der Waals surface area contributed by atoms with Gasteiger partial charge in [-0.05, 0) is 55.5 Å². The number of thiazole rings is 1. The minimum atomic E-state index is -0.321. The predicted octanol–water partition coefficient (Wildman–Crippen LogP) is 5.48. The Kier molecular flexibility index (Phi) is 6.60. The van der Waals surface area contributed by atoms with Gasteiger partial charge in [-0.15, -0.1) is 11.3 Å². The molecule has 0 N–H and O–H groups in total. The van der Waals surface area contributed by atoms with Gasteiger partial charge in [0.2, 0.25) is 10.6 Å². The molecule has 0 saturated carbocycles. The average Bonchev–Trinajstić information content (AvgIpc) is 3.50. The molecule has 0 unspecified atom stereocenters. The molecular weight excluding hydrogens is 445 g/mol. The second kappa shape index (κ2) is 9.74. The Morgan fingerprint density at radius 1 is 1.00 bits per heavy atom. The van der Waals surface area contributed by atoms with E-state index in [1.54, 1.807) is 50.5 Å². The van der Waals surface area contributed by atoms with Crippen LogP contribution in [0.25, 0.3) is 11.3 Å². The Morgan fingerprint density at radius 2 is 1.70 bits per heavy atom. The molecule has 2 aromatic heterocycles. The Labute approximate surface area is 194 Å². The van der Waals surface area contributed by atoms with E-state index in [0.717, 1.165) is 11.3 Å². The second-order valence-corrected chi connectivity index (χ2v) is 7.72. The highest BCUT2D eigenvalue weighted by Gasteiger charge is 2.17. The summed E-state index contributed by atoms with van der Waals surface area (Å²) >= 11 is 1.40. The van der Waals surface area contributed by atoms with Crippen LogP contribution in [0.5, 0.6) is 17.2 Å². The third kappa shape index (κ3) is 4.68. The molecule has 4 rings (SSSR count). The molecule has 0 fully saturated rings. The SMILES string of the molecule is COc1cc(-c2csc(=Nc3ccc(F)cc3)n2N=C(C)c2ccco2)cc(OC)c1OC. The number of furan rings is 1. The maximum Gasteiger partial charge on any atom is 0.211 e. The van der Waals surface area contributed by atoms with Crippen LogP contribution in [0.15, 0.2) is 74.7 Å². The fourth-order valence-corrected chi connectivity index (χ4v) is 4.06. The molecule has 0 aliphatic carbocycles. The lowest BCUT2D eigenvalue weighted by Crippen LogP contribution is -2.13. The van der Waals surface area contributed by atoms with Gasteiger partial charge in [-0.25, -0.2) is 14.1 Å². The lowest BCUT2D eigenvalue weighted by molar-refractivity contribution is 0.324. The van der Waals surface area contributed by atoms with Crippen molar-refractivity contribution in [3.05, 3.63) is 76.6 Å². The van der Waals surface area contributed by atoms with Gasteiger partial charge < -0.3 is 18.6 Å². The van der Waals surface area contributed by atoms with Crippen LogP contribution in [0.1, 0.15) is 12.7 Å². The van der Waals surface area contributed by atoms with Crippen molar-refractivity contribution in [3.63, 3.8) is 0 Å². The third-order valence-electron chi connectivity index (χ3n) is 4.82. The van der Waals surface area contributed by atoms with E-state index < -0.39 is 0 Å². The van der Waals surface area contributed by atoms with Crippen molar-refractivity contribution >= 4 is 22.7 Å². The average molecular weight is 468 g/mol. The molecule has 33 heavy (non-hydrogen) atoms. The van der Waals surface area contributed by atoms with E-state index in [-0.39, 0.29) is 5.82 Å². The standard InChI is InChI=1S/C24H22FN3O4S/c1-15(20-6-5-11-32-20)27-28-19(14-33-24(28)26-18-9-7-17(25)8-10-18)16-12-21(29-2)23(31-4)22(13-16)30-3/h5-14H,1-4H3. The van der Waals surface area contributed by atoms with E-state index in [0.29, 0.717) is 39.2 Å². The van der Waals surface area contributed by atoms with Crippen LogP contribution in [0, 0.1) is 5.82 Å². The quantitative estimate of drug-likeness (QED) is 0.338. The van der Waals surface area contributed by atoms with Crippen molar-refractivity contribution < 1.29 is 23.0 Å². The van der Waals surface area contributed by atoms with Crippen molar-refractivity contribution in [2.45, 2.75) is 6.92 Å². The fraction of sp³-hybridized carbons (Fsp3) is 0.167. The summed E-state index contributed by atoms with van der Waals surface area (Å²) in [7, 11) is 4.69. The minimum Gasteiger partial charge on any atom is -0.493 e. The molecule has 170 valence electrons. The van der Waals surface area contributed by atoms with Gasteiger partial charge in [0.05, 0.1) is 39.0 Å². The van der Waals surface area contributed by atoms with Crippen LogP contribution in [-0.4, -0.2) is 31.7 Å². The first-order valence-electron chi connectivity index (χ1n) is 9.94. The van der Waals surface area contributed by atoms with Crippen molar-refractivity contribution in [2.24, 2.45) is 10.1 Å². The highest BCUT2D eigenvalue weighted by molar-refractivity contribution is 7.07. The largest absolute Gasteiger partial charge is 0.493 e. The molecule has 7 nitrogen and oxygen atoms in total. The summed E-state index contributed by atoms with van der Waals surface area (Å²) in [6, 6.07) is 13.3. The first kappa shape index (κ1) is 22.3. The number of ether oxygens (including phenoxy) is 3. The summed E-state index contributed by atoms with van der Waals surface area (Å²) in [6.07, 6.45) is 1.59. The zero-order chi connectivity index (χ0) is 23.4. The van der Waals surface area contributed by atoms with Crippen LogP contribution < -0.4 is 19.0 Å². The van der Waals surface area contributed by atoms with Crippen LogP contribution in [0.4, 0.5) is 10.1 Å². The van der Waals surface area contributed by atoms with Gasteiger partial charge in [0.1, 0.15) is 17.3 Å². The van der Waals surface area contributed by atoms with Gasteiger partial charge in [0.25, 0.3) is 0 Å². The van der Waals surface area contributed by atoms with E-state index >= 15 is 0 Å². The highest BCUT2D eigenvalue weighted by Crippen LogP contribution is 2.41. The Hall–Kier alpha value is -3.85. The van der Waals surface area contributed by atoms with Crippen LogP contribution >= 0.6 is 11.3 Å². The second-order valence-electron chi connectivity index (χ2n) is 6.88. The van der Waals surface area contributed by atoms with Crippen molar-refractivity contribution in [2.75, 3.05) is 21.3 Å². The zero-order valence-electron chi connectivity index (χ0n) is 18.5. The predicted molar refractivity (Wildman–Crippen MR) is 125 cm³/mol. The van der Waals surface area contributed by atoms with Gasteiger partial charge in [0.15, 0.2) is 11.5 Å². The zero-order valence-corrected chi connectivity index (χ0v) is 19.4. The van der Waals surface area contributed by atoms with Gasteiger partial charge in [-0.3, -0.25) is 0 Å². The van der Waals surface area contributed by atoms with Crippen molar-refractivity contribution in [1.29, 1.82) is 0 Å². The number of hydrogen-bond donors (Lipinski definition) is 0. The number of halogens is 1. The molecule has 2 heterocycles. The summed E-state index contributed by atoms with van der Waals surface area (Å²) in [5.41, 5.74) is 2.81. The molecule has 4 aromatic rings. The number of aromatic nitrogens is 1. The van der Waals surface area contributed by atoms with E-state index in [2.05, 4.69) is 4.99 Å². The molecular formula is C24H22FN3O4S. The first-order valence-corrected chi connectivity index (χ1v) is 10.8. The highest BCUT2D eigenvalue weighted by atomic mass is 32.1. The van der Waals surface area contributed by atoms with Crippen molar-refractivity contribution in [3.8, 4) is 28.5 Å². The normalized spacial score (nSPS) is 12.2. The number of hydrogen-bond acceptors (Lipinski definition) is 7. The molecule has 0 bridgehead atoms. The number of benzene rings is 2. The molecule has 0 saturated heterocycles. The Balaban J connectivity index is 1.93. The van der Waals surface area contributed by atoms with Gasteiger partial charge in [-0.2, -0.15) is 5.10 Å². The summed E-state index contributed by atoms with van der Waals surface area (Å²) in [5, 5.41) is 6.71. The maximum absolute atomic E-state index is 13.4. The monoisotopic (exact) mass is 467 g/mol. The molecule has 0 spiro atoms. The molecule has 0 aliphatic heterocycles. The van der Waals surface area contributed by atoms with Crippen LogP contribution in [0.3, 0.4) is 0 Å². The van der Waals surface area contributed by atoms with Gasteiger partial charge in [0, 0.05) is 10.9 Å². The smallest absolute Gasteiger partial charge is 0.211 e. The molecule has 0 aliphatic rings. The summed E-state index contributed by atoms with van der Waals surface area (Å²) < 4.78 is 37.0. The summed E-state index contributed by atoms with van der Waals surface area (Å²) in [6.45, 7) is 1.85. The molecule has 0 amide bonds. The van der Waals surface area contributed by atoms with E-state index in [1.165, 1.54) is 23.5 Å². The summed E-state index contributed by atoms with van der Waals surface area (Å²) in [5.74, 6) is 1.86. The van der Waals surface area contributed by atoms with Crippen LogP contribution in [-0.2, 0) is 0 Å². The molecule has 9 heteroatoms. The lowest BCUT2D eigenvalue weighted by atomic mass is 10.1. The Morgan fingerprint density at radius 3 is 2.27 bits per heavy atom. The molecule has 0 radical (unpaired) electrons. The lowest BCUT2D eigenvalue weighted by Gasteiger charge is -2.14.